The number of amides is 2. The number of hydrogen-bond acceptors (Lipinski definition) is 13. The van der Waals surface area contributed by atoms with Crippen molar-refractivity contribution in [3.63, 3.8) is 0 Å². The van der Waals surface area contributed by atoms with E-state index >= 15 is 0 Å². The Balaban J connectivity index is 0.921. The van der Waals surface area contributed by atoms with Crippen LogP contribution in [0.25, 0.3) is 26.6 Å². The highest BCUT2D eigenvalue weighted by molar-refractivity contribution is 7.15. The molecule has 2 aliphatic rings. The van der Waals surface area contributed by atoms with Crippen molar-refractivity contribution < 1.29 is 33.8 Å². The number of thiazole rings is 1. The summed E-state index contributed by atoms with van der Waals surface area (Å²) < 4.78 is 13.2. The highest BCUT2D eigenvalue weighted by Crippen LogP contribution is 2.40. The average molecular weight is 970 g/mol. The fourth-order valence-corrected chi connectivity index (χ4v) is 11.1. The number of aryl methyl sites for hydroxylation is 3. The van der Waals surface area contributed by atoms with Crippen molar-refractivity contribution in [1.82, 2.24) is 30.0 Å². The number of ether oxygens (including phenoxy) is 2. The Kier molecular flexibility index (Phi) is 14.2. The third-order valence-electron chi connectivity index (χ3n) is 13.3. The Morgan fingerprint density at radius 2 is 1.52 bits per heavy atom. The number of esters is 1. The Morgan fingerprint density at radius 1 is 0.884 bits per heavy atom. The smallest absolute Gasteiger partial charge is 0.308 e. The topological polar surface area (TPSA) is 178 Å². The molecular formula is C53H59N7O7S2. The summed E-state index contributed by atoms with van der Waals surface area (Å²) >= 11 is 3.23. The van der Waals surface area contributed by atoms with Crippen molar-refractivity contribution in [2.75, 3.05) is 13.7 Å². The normalized spacial score (nSPS) is 18.0. The quantitative estimate of drug-likeness (QED) is 0.100. The number of aliphatic imine (C=N–C) groups is 1. The minimum atomic E-state index is -0.885. The molecule has 8 rings (SSSR count). The van der Waals surface area contributed by atoms with E-state index in [1.54, 1.807) is 29.6 Å². The predicted molar refractivity (Wildman–Crippen MR) is 268 cm³/mol. The van der Waals surface area contributed by atoms with Crippen molar-refractivity contribution in [2.24, 2.45) is 16.3 Å². The van der Waals surface area contributed by atoms with Crippen LogP contribution in [0.2, 0.25) is 0 Å². The number of fused-ring (bicyclic) bond motifs is 3. The van der Waals surface area contributed by atoms with Crippen LogP contribution in [0.3, 0.4) is 0 Å². The zero-order chi connectivity index (χ0) is 49.5. The lowest BCUT2D eigenvalue weighted by Crippen LogP contribution is -2.50. The number of ketones is 1. The van der Waals surface area contributed by atoms with Crippen molar-refractivity contribution in [3.8, 4) is 32.3 Å². The summed E-state index contributed by atoms with van der Waals surface area (Å²) in [5.74, 6) is -0.301. The molecule has 3 aromatic heterocycles. The number of likely N-dealkylation sites (tertiary alicyclic amines) is 1. The van der Waals surface area contributed by atoms with Gasteiger partial charge in [0.1, 0.15) is 28.7 Å². The molecule has 3 aromatic carbocycles. The second-order valence-corrected chi connectivity index (χ2v) is 21.2. The number of nitrogens with zero attached hydrogens (tertiary/aromatic N) is 6. The largest absolute Gasteiger partial charge is 0.483 e. The number of aliphatic hydroxyl groups is 1. The summed E-state index contributed by atoms with van der Waals surface area (Å²) in [6.45, 7) is 17.3. The monoisotopic (exact) mass is 969 g/mol. The minimum absolute atomic E-state index is 0.00158. The molecule has 0 bridgehead atoms. The molecule has 6 aromatic rings. The molecule has 14 nitrogen and oxygen atoms in total. The van der Waals surface area contributed by atoms with Gasteiger partial charge in [-0.1, -0.05) is 81.4 Å². The molecule has 2 amide bonds. The van der Waals surface area contributed by atoms with Crippen molar-refractivity contribution in [2.45, 2.75) is 112 Å². The van der Waals surface area contributed by atoms with Gasteiger partial charge in [-0.05, 0) is 86.9 Å². The number of methoxy groups -OCH3 is 1. The number of benzene rings is 3. The second kappa shape index (κ2) is 19.9. The van der Waals surface area contributed by atoms with E-state index in [0.717, 1.165) is 65.1 Å². The number of hydrogen-bond donors (Lipinski definition) is 2. The Morgan fingerprint density at radius 3 is 2.14 bits per heavy atom. The van der Waals surface area contributed by atoms with Gasteiger partial charge in [0.15, 0.2) is 17.7 Å². The molecule has 1 unspecified atom stereocenters. The molecular weight excluding hydrogens is 911 g/mol. The first-order valence-corrected chi connectivity index (χ1v) is 24.9. The predicted octanol–water partition coefficient (Wildman–Crippen LogP) is 9.04. The number of aromatic nitrogens is 4. The maximum absolute atomic E-state index is 14.4. The number of thiophene rings is 1. The molecule has 16 heteroatoms. The van der Waals surface area contributed by atoms with E-state index in [4.69, 9.17) is 14.5 Å². The third-order valence-corrected chi connectivity index (χ3v) is 15.5. The lowest BCUT2D eigenvalue weighted by Gasteiger charge is -2.35. The van der Waals surface area contributed by atoms with Crippen LogP contribution in [0.5, 0.6) is 5.75 Å². The van der Waals surface area contributed by atoms with Crippen LogP contribution in [0.4, 0.5) is 0 Å². The van der Waals surface area contributed by atoms with E-state index in [1.807, 2.05) is 124 Å². The molecule has 0 spiro atoms. The molecule has 1 saturated heterocycles. The first kappa shape index (κ1) is 49.1. The van der Waals surface area contributed by atoms with Gasteiger partial charge in [-0.2, -0.15) is 0 Å². The summed E-state index contributed by atoms with van der Waals surface area (Å²) in [7, 11) is 1.37. The van der Waals surface area contributed by atoms with Crippen LogP contribution in [-0.4, -0.2) is 90.9 Å². The highest BCUT2D eigenvalue weighted by atomic mass is 32.1. The minimum Gasteiger partial charge on any atom is -0.483 e. The zero-order valence-corrected chi connectivity index (χ0v) is 42.3. The lowest BCUT2D eigenvalue weighted by atomic mass is 9.76. The fourth-order valence-electron chi connectivity index (χ4n) is 9.11. The first-order chi connectivity index (χ1) is 32.8. The number of aliphatic hydroxyl groups excluding tert-OH is 1. The maximum Gasteiger partial charge on any atom is 0.308 e. The molecule has 2 N–H and O–H groups in total. The molecule has 360 valence electrons. The van der Waals surface area contributed by atoms with E-state index in [1.165, 1.54) is 12.0 Å². The number of rotatable bonds is 14. The van der Waals surface area contributed by atoms with E-state index in [-0.39, 0.29) is 55.4 Å². The number of carbonyl (C=O) groups excluding carboxylic acids is 4. The number of carbonyl (C=O) groups is 4. The Bertz CT molecular complexity index is 2910. The SMILES string of the molecule is COC(=O)C[C@@H]1N=C(c2ccc(-c3ccc(OC(C)C(=O)C[C@H](C(=O)N4C[C@H](O)C[C@H]4C(=O)N[C@@H](C)c4ccc(-c5scnc5C)cc4)C(C)(C)C)cc3)cc2)c2c(sc(C)c2C)-n2c(C)nnc21. The fraction of sp³-hybridized carbons (Fsp3) is 0.396. The van der Waals surface area contributed by atoms with Crippen molar-refractivity contribution in [1.29, 1.82) is 0 Å². The summed E-state index contributed by atoms with van der Waals surface area (Å²) in [5, 5.41) is 23.6. The van der Waals surface area contributed by atoms with E-state index in [2.05, 4.69) is 34.3 Å². The Labute approximate surface area is 410 Å². The second-order valence-electron chi connectivity index (χ2n) is 19.1. The molecule has 0 radical (unpaired) electrons. The van der Waals surface area contributed by atoms with Crippen molar-refractivity contribution >= 4 is 52.0 Å². The van der Waals surface area contributed by atoms with Gasteiger partial charge in [0.2, 0.25) is 11.8 Å². The van der Waals surface area contributed by atoms with Gasteiger partial charge < -0.3 is 24.8 Å². The third kappa shape index (κ3) is 10.2. The number of nitrogens with one attached hydrogen (secondary N) is 1. The summed E-state index contributed by atoms with van der Waals surface area (Å²) in [5.41, 5.74) is 9.74. The molecule has 0 saturated carbocycles. The first-order valence-electron chi connectivity index (χ1n) is 23.2. The van der Waals surface area contributed by atoms with Crippen LogP contribution < -0.4 is 10.1 Å². The van der Waals surface area contributed by atoms with Gasteiger partial charge in [0, 0.05) is 35.4 Å². The maximum atomic E-state index is 14.4. The van der Waals surface area contributed by atoms with Crippen LogP contribution >= 0.6 is 22.7 Å². The Hall–Kier alpha value is -6.36. The van der Waals surface area contributed by atoms with Crippen LogP contribution in [0.1, 0.15) is 110 Å². The molecule has 2 aliphatic heterocycles. The van der Waals surface area contributed by atoms with Gasteiger partial charge in [-0.3, -0.25) is 28.7 Å². The number of β-amino-alcohol motifs (C(OH)–C–C–N with tert-alkyl or cyclic N) is 1. The summed E-state index contributed by atoms with van der Waals surface area (Å²) in [4.78, 5) is 67.9. The van der Waals surface area contributed by atoms with Gasteiger partial charge in [-0.25, -0.2) is 4.98 Å². The zero-order valence-electron chi connectivity index (χ0n) is 40.7. The standard InChI is InChI=1S/C53H59N7O7S2/c1-28-32(5)69-52-46(28)47(56-42(25-45(63)66-10)49-58-57-33(6)60(49)52)37-15-13-35(14-16-37)36-19-21-40(22-20-36)67-31(4)44(62)24-41(53(7,8)9)51(65)59-26-39(61)23-43(59)50(64)55-29(2)34-11-17-38(18-12-34)48-30(3)54-27-68-48/h11-22,27,29,31,39,41-43,61H,23-26H2,1-10H3,(H,55,64)/t29-,31?,39+,41+,42-,43-/m0/s1. The molecule has 6 atom stereocenters. The number of Topliss-reactive ketones (excluding diaryl/α,β-unsaturated/α-hetero) is 1. The van der Waals surface area contributed by atoms with Gasteiger partial charge in [0.05, 0.1) is 53.4 Å². The lowest BCUT2D eigenvalue weighted by molar-refractivity contribution is -0.147. The van der Waals surface area contributed by atoms with Crippen molar-refractivity contribution in [3.05, 3.63) is 123 Å². The van der Waals surface area contributed by atoms with Gasteiger partial charge in [0.25, 0.3) is 0 Å². The highest BCUT2D eigenvalue weighted by Gasteiger charge is 2.45. The molecule has 1 fully saturated rings. The van der Waals surface area contributed by atoms with E-state index in [0.29, 0.717) is 17.4 Å². The van der Waals surface area contributed by atoms with Gasteiger partial charge >= 0.3 is 5.97 Å². The average Bonchev–Trinajstić information content (AvgIpc) is 4.09. The molecule has 69 heavy (non-hydrogen) atoms. The van der Waals surface area contributed by atoms with E-state index < -0.39 is 35.6 Å². The van der Waals surface area contributed by atoms with Gasteiger partial charge in [-0.15, -0.1) is 32.9 Å². The molecule has 5 heterocycles. The summed E-state index contributed by atoms with van der Waals surface area (Å²) in [6, 6.07) is 21.8. The van der Waals surface area contributed by atoms with Crippen LogP contribution in [-0.2, 0) is 23.9 Å². The van der Waals surface area contributed by atoms with E-state index in [9.17, 15) is 24.3 Å². The van der Waals surface area contributed by atoms with Crippen LogP contribution in [0.15, 0.2) is 83.3 Å². The van der Waals surface area contributed by atoms with Crippen LogP contribution in [0, 0.1) is 39.0 Å². The molecule has 0 aliphatic carbocycles. The summed E-state index contributed by atoms with van der Waals surface area (Å²) in [6.07, 6.45) is -1.71.